The maximum atomic E-state index is 6.16. The van der Waals surface area contributed by atoms with Crippen molar-refractivity contribution in [3.05, 3.63) is 12.7 Å². The number of hydrogen-bond acceptors (Lipinski definition) is 1. The molecule has 1 nitrogen and oxygen atoms in total. The van der Waals surface area contributed by atoms with E-state index < -0.39 is 0 Å². The van der Waals surface area contributed by atoms with Crippen LogP contribution in [-0.4, -0.2) is 29.9 Å². The third-order valence-corrected chi connectivity index (χ3v) is 2.56. The minimum atomic E-state index is 0.314. The smallest absolute Gasteiger partial charge is 0.0468 e. The second kappa shape index (κ2) is 3.80. The van der Waals surface area contributed by atoms with Gasteiger partial charge in [-0.25, -0.2) is 0 Å². The second-order valence-electron chi connectivity index (χ2n) is 4.45. The molecular weight excluding hydrogens is 170 g/mol. The lowest BCUT2D eigenvalue weighted by Gasteiger charge is -2.40. The number of likely N-dealkylation sites (tertiary alicyclic amines) is 1. The highest BCUT2D eigenvalue weighted by Crippen LogP contribution is 2.30. The van der Waals surface area contributed by atoms with Crippen molar-refractivity contribution in [3.63, 3.8) is 0 Å². The van der Waals surface area contributed by atoms with Crippen LogP contribution in [-0.2, 0) is 0 Å². The van der Waals surface area contributed by atoms with E-state index in [1.165, 1.54) is 0 Å². The van der Waals surface area contributed by atoms with Crippen LogP contribution >= 0.6 is 11.6 Å². The third kappa shape index (κ3) is 2.80. The average molecular weight is 188 g/mol. The standard InChI is InChI=1S/C10H18ClN/c1-4-5-12-7-9(11)6-10(2,3)8-12/h4,9H,1,5-8H2,2-3H3. The van der Waals surface area contributed by atoms with Crippen molar-refractivity contribution in [2.24, 2.45) is 5.41 Å². The maximum Gasteiger partial charge on any atom is 0.0468 e. The van der Waals surface area contributed by atoms with Gasteiger partial charge in [-0.2, -0.15) is 0 Å². The monoisotopic (exact) mass is 187 g/mol. The Hall–Kier alpha value is -0.0100. The molecule has 0 saturated carbocycles. The van der Waals surface area contributed by atoms with Gasteiger partial charge in [0.2, 0.25) is 0 Å². The first-order chi connectivity index (χ1) is 5.53. The van der Waals surface area contributed by atoms with E-state index in [1.54, 1.807) is 0 Å². The molecule has 0 spiro atoms. The van der Waals surface area contributed by atoms with Crippen LogP contribution in [0.5, 0.6) is 0 Å². The fraction of sp³-hybridized carbons (Fsp3) is 0.800. The quantitative estimate of drug-likeness (QED) is 0.475. The van der Waals surface area contributed by atoms with E-state index in [2.05, 4.69) is 25.3 Å². The SMILES string of the molecule is C=CCN1CC(Cl)CC(C)(C)C1. The van der Waals surface area contributed by atoms with Crippen LogP contribution < -0.4 is 0 Å². The first-order valence-electron chi connectivity index (χ1n) is 4.51. The molecule has 1 aliphatic rings. The van der Waals surface area contributed by atoms with Gasteiger partial charge in [-0.15, -0.1) is 18.2 Å². The Morgan fingerprint density at radius 3 is 2.83 bits per heavy atom. The predicted octanol–water partition coefficient (Wildman–Crippen LogP) is 2.51. The van der Waals surface area contributed by atoms with Crippen LogP contribution in [0.15, 0.2) is 12.7 Å². The zero-order valence-electron chi connectivity index (χ0n) is 8.02. The van der Waals surface area contributed by atoms with Crippen molar-refractivity contribution < 1.29 is 0 Å². The normalized spacial score (nSPS) is 30.1. The van der Waals surface area contributed by atoms with E-state index in [0.29, 0.717) is 10.8 Å². The van der Waals surface area contributed by atoms with Crippen LogP contribution in [0.4, 0.5) is 0 Å². The zero-order chi connectivity index (χ0) is 9.19. The van der Waals surface area contributed by atoms with Gasteiger partial charge in [-0.05, 0) is 11.8 Å². The first kappa shape index (κ1) is 10.1. The van der Waals surface area contributed by atoms with Gasteiger partial charge < -0.3 is 0 Å². The van der Waals surface area contributed by atoms with Gasteiger partial charge in [-0.3, -0.25) is 4.90 Å². The lowest BCUT2D eigenvalue weighted by molar-refractivity contribution is 0.133. The van der Waals surface area contributed by atoms with Crippen LogP contribution in [0, 0.1) is 5.41 Å². The molecule has 12 heavy (non-hydrogen) atoms. The van der Waals surface area contributed by atoms with Gasteiger partial charge in [0, 0.05) is 25.0 Å². The topological polar surface area (TPSA) is 3.24 Å². The highest BCUT2D eigenvalue weighted by atomic mass is 35.5. The third-order valence-electron chi connectivity index (χ3n) is 2.27. The molecule has 70 valence electrons. The Balaban J connectivity index is 2.51. The van der Waals surface area contributed by atoms with Crippen molar-refractivity contribution >= 4 is 11.6 Å². The summed E-state index contributed by atoms with van der Waals surface area (Å²) in [5, 5.41) is 0.314. The molecule has 0 aromatic carbocycles. The molecular formula is C10H18ClN. The summed E-state index contributed by atoms with van der Waals surface area (Å²) in [5.41, 5.74) is 0.369. The van der Waals surface area contributed by atoms with Crippen molar-refractivity contribution in [3.8, 4) is 0 Å². The number of alkyl halides is 1. The molecule has 1 saturated heterocycles. The van der Waals surface area contributed by atoms with Crippen LogP contribution in [0.1, 0.15) is 20.3 Å². The summed E-state index contributed by atoms with van der Waals surface area (Å²) in [7, 11) is 0. The summed E-state index contributed by atoms with van der Waals surface area (Å²) < 4.78 is 0. The molecule has 1 aliphatic heterocycles. The van der Waals surface area contributed by atoms with Gasteiger partial charge in [0.1, 0.15) is 0 Å². The second-order valence-corrected chi connectivity index (χ2v) is 5.07. The predicted molar refractivity (Wildman–Crippen MR) is 54.7 cm³/mol. The van der Waals surface area contributed by atoms with Crippen LogP contribution in [0.3, 0.4) is 0 Å². The highest BCUT2D eigenvalue weighted by molar-refractivity contribution is 6.20. The molecule has 1 rings (SSSR count). The van der Waals surface area contributed by atoms with Crippen LogP contribution in [0.2, 0.25) is 0 Å². The summed E-state index contributed by atoms with van der Waals surface area (Å²) in [6.45, 7) is 11.4. The number of hydrogen-bond donors (Lipinski definition) is 0. The lowest BCUT2D eigenvalue weighted by atomic mass is 9.84. The summed E-state index contributed by atoms with van der Waals surface area (Å²) in [4.78, 5) is 2.37. The Kier molecular flexibility index (Phi) is 3.19. The fourth-order valence-electron chi connectivity index (χ4n) is 2.00. The fourth-order valence-corrected chi connectivity index (χ4v) is 2.61. The minimum Gasteiger partial charge on any atom is -0.298 e. The van der Waals surface area contributed by atoms with E-state index in [9.17, 15) is 0 Å². The van der Waals surface area contributed by atoms with E-state index >= 15 is 0 Å². The number of halogens is 1. The largest absolute Gasteiger partial charge is 0.298 e. The molecule has 0 amide bonds. The molecule has 0 aromatic heterocycles. The molecule has 0 bridgehead atoms. The summed E-state index contributed by atoms with van der Waals surface area (Å²) in [6, 6.07) is 0. The molecule has 1 atom stereocenters. The minimum absolute atomic E-state index is 0.314. The van der Waals surface area contributed by atoms with Gasteiger partial charge >= 0.3 is 0 Å². The van der Waals surface area contributed by atoms with Crippen molar-refractivity contribution in [2.75, 3.05) is 19.6 Å². The van der Waals surface area contributed by atoms with Gasteiger partial charge in [-0.1, -0.05) is 19.9 Å². The van der Waals surface area contributed by atoms with Crippen molar-refractivity contribution in [1.29, 1.82) is 0 Å². The Bertz CT molecular complexity index is 165. The van der Waals surface area contributed by atoms with Crippen molar-refractivity contribution in [2.45, 2.75) is 25.6 Å². The average Bonchev–Trinajstić information content (AvgIpc) is 1.82. The van der Waals surface area contributed by atoms with E-state index in [0.717, 1.165) is 26.1 Å². The first-order valence-corrected chi connectivity index (χ1v) is 4.94. The molecule has 0 N–H and O–H groups in total. The maximum absolute atomic E-state index is 6.16. The summed E-state index contributed by atoms with van der Waals surface area (Å²) in [6.07, 6.45) is 3.08. The van der Waals surface area contributed by atoms with Gasteiger partial charge in [0.05, 0.1) is 0 Å². The Labute approximate surface area is 80.4 Å². The molecule has 0 radical (unpaired) electrons. The van der Waals surface area contributed by atoms with Crippen molar-refractivity contribution in [1.82, 2.24) is 4.90 Å². The molecule has 1 heterocycles. The van der Waals surface area contributed by atoms with E-state index in [-0.39, 0.29) is 0 Å². The van der Waals surface area contributed by atoms with E-state index in [1.807, 2.05) is 6.08 Å². The summed E-state index contributed by atoms with van der Waals surface area (Å²) in [5.74, 6) is 0. The van der Waals surface area contributed by atoms with Gasteiger partial charge in [0.25, 0.3) is 0 Å². The number of piperidine rings is 1. The Morgan fingerprint density at radius 2 is 2.33 bits per heavy atom. The molecule has 0 aromatic rings. The molecule has 2 heteroatoms. The summed E-state index contributed by atoms with van der Waals surface area (Å²) >= 11 is 6.16. The van der Waals surface area contributed by atoms with Crippen LogP contribution in [0.25, 0.3) is 0 Å². The highest BCUT2D eigenvalue weighted by Gasteiger charge is 2.30. The molecule has 1 unspecified atom stereocenters. The lowest BCUT2D eigenvalue weighted by Crippen LogP contribution is -2.45. The number of nitrogens with zero attached hydrogens (tertiary/aromatic N) is 1. The molecule has 0 aliphatic carbocycles. The number of rotatable bonds is 2. The van der Waals surface area contributed by atoms with E-state index in [4.69, 9.17) is 11.6 Å². The Morgan fingerprint density at radius 1 is 1.67 bits per heavy atom. The zero-order valence-corrected chi connectivity index (χ0v) is 8.77. The molecule has 1 fully saturated rings. The van der Waals surface area contributed by atoms with Gasteiger partial charge in [0.15, 0.2) is 0 Å².